The lowest BCUT2D eigenvalue weighted by atomic mass is 10.1. The van der Waals surface area contributed by atoms with E-state index in [-0.39, 0.29) is 25.0 Å². The summed E-state index contributed by atoms with van der Waals surface area (Å²) in [6.45, 7) is 2.18. The van der Waals surface area contributed by atoms with Crippen molar-refractivity contribution in [3.63, 3.8) is 0 Å². The Morgan fingerprint density at radius 3 is 2.96 bits per heavy atom. The van der Waals surface area contributed by atoms with Crippen LogP contribution in [0.15, 0.2) is 11.8 Å². The molecule has 3 heterocycles. The van der Waals surface area contributed by atoms with Gasteiger partial charge < -0.3 is 34.9 Å². The van der Waals surface area contributed by atoms with Crippen LogP contribution >= 0.6 is 0 Å². The molecule has 0 radical (unpaired) electrons. The van der Waals surface area contributed by atoms with Gasteiger partial charge in [0.15, 0.2) is 0 Å². The van der Waals surface area contributed by atoms with Crippen LogP contribution < -0.4 is 10.6 Å². The molecule has 0 spiro atoms. The van der Waals surface area contributed by atoms with Crippen molar-refractivity contribution in [1.82, 2.24) is 15.5 Å². The Morgan fingerprint density at radius 2 is 2.30 bits per heavy atom. The van der Waals surface area contributed by atoms with Crippen LogP contribution in [0.4, 0.5) is 0 Å². The van der Waals surface area contributed by atoms with Crippen LogP contribution in [-0.4, -0.2) is 78.8 Å². The Balaban J connectivity index is 1.62. The van der Waals surface area contributed by atoms with Gasteiger partial charge in [0, 0.05) is 32.7 Å². The molecule has 10 heteroatoms. The van der Waals surface area contributed by atoms with Gasteiger partial charge in [0.25, 0.3) is 11.8 Å². The van der Waals surface area contributed by atoms with E-state index in [1.165, 1.54) is 13.1 Å². The van der Waals surface area contributed by atoms with E-state index < -0.39 is 36.2 Å². The highest BCUT2D eigenvalue weighted by atomic mass is 16.6. The third-order valence-electron chi connectivity index (χ3n) is 4.77. The Labute approximate surface area is 156 Å². The van der Waals surface area contributed by atoms with Gasteiger partial charge in [-0.05, 0) is 12.8 Å². The van der Waals surface area contributed by atoms with Crippen molar-refractivity contribution >= 4 is 17.8 Å². The van der Waals surface area contributed by atoms with Crippen molar-refractivity contribution in [2.45, 2.75) is 50.7 Å². The molecule has 2 saturated heterocycles. The minimum Gasteiger partial charge on any atom is -0.460 e. The summed E-state index contributed by atoms with van der Waals surface area (Å²) in [5.74, 6) is -1.41. The lowest BCUT2D eigenvalue weighted by molar-refractivity contribution is -0.150. The molecule has 0 saturated carbocycles. The number of nitrogens with one attached hydrogen (secondary N) is 2. The molecule has 0 aliphatic carbocycles. The van der Waals surface area contributed by atoms with Crippen molar-refractivity contribution in [1.29, 1.82) is 0 Å². The summed E-state index contributed by atoms with van der Waals surface area (Å²) < 4.78 is 16.4. The van der Waals surface area contributed by atoms with E-state index in [0.717, 1.165) is 12.8 Å². The molecular formula is C17H25N3O7. The van der Waals surface area contributed by atoms with E-state index >= 15 is 0 Å². The molecule has 0 aromatic carbocycles. The average Bonchev–Trinajstić information content (AvgIpc) is 3.29. The van der Waals surface area contributed by atoms with E-state index in [0.29, 0.717) is 19.6 Å². The summed E-state index contributed by atoms with van der Waals surface area (Å²) in [6.07, 6.45) is 1.82. The monoisotopic (exact) mass is 383 g/mol. The Kier molecular flexibility index (Phi) is 6.30. The standard InChI is InChI=1S/C17H25N3O7/c1-10(22)26-13-5-15(27-14(13)8-21)20-7-12(17(24)19-9-20)16(23)18-6-11-3-2-4-25-11/h7,11,13-15,21H,2-6,8-9H2,1H3,(H,18,23)(H,19,24)/t11-,13?,14-,15-/m1/s1. The molecule has 4 atom stereocenters. The lowest BCUT2D eigenvalue weighted by Crippen LogP contribution is -2.48. The van der Waals surface area contributed by atoms with Gasteiger partial charge in [-0.25, -0.2) is 0 Å². The van der Waals surface area contributed by atoms with Crippen LogP contribution in [-0.2, 0) is 28.6 Å². The van der Waals surface area contributed by atoms with Crippen molar-refractivity contribution in [3.05, 3.63) is 11.8 Å². The Morgan fingerprint density at radius 1 is 1.48 bits per heavy atom. The molecular weight excluding hydrogens is 358 g/mol. The third-order valence-corrected chi connectivity index (χ3v) is 4.77. The molecule has 2 fully saturated rings. The molecule has 1 unspecified atom stereocenters. The highest BCUT2D eigenvalue weighted by Crippen LogP contribution is 2.27. The SMILES string of the molecule is CC(=O)OC1C[C@H](N2C=C(C(=O)NC[C@H]3CCCO3)C(=O)NC2)O[C@@H]1CO. The van der Waals surface area contributed by atoms with Gasteiger partial charge in [-0.2, -0.15) is 0 Å². The first-order chi connectivity index (χ1) is 13.0. The zero-order chi connectivity index (χ0) is 19.4. The van der Waals surface area contributed by atoms with Crippen LogP contribution in [0.2, 0.25) is 0 Å². The maximum absolute atomic E-state index is 12.4. The minimum atomic E-state index is -0.651. The van der Waals surface area contributed by atoms with E-state index in [1.807, 2.05) is 0 Å². The molecule has 3 aliphatic rings. The normalized spacial score (nSPS) is 30.7. The van der Waals surface area contributed by atoms with E-state index in [1.54, 1.807) is 4.90 Å². The fraction of sp³-hybridized carbons (Fsp3) is 0.706. The van der Waals surface area contributed by atoms with E-state index in [2.05, 4.69) is 10.6 Å². The average molecular weight is 383 g/mol. The molecule has 3 N–H and O–H groups in total. The van der Waals surface area contributed by atoms with E-state index in [9.17, 15) is 19.5 Å². The molecule has 0 bridgehead atoms. The van der Waals surface area contributed by atoms with Gasteiger partial charge in [0.05, 0.1) is 19.4 Å². The topological polar surface area (TPSA) is 126 Å². The fourth-order valence-electron chi connectivity index (χ4n) is 3.39. The smallest absolute Gasteiger partial charge is 0.302 e. The maximum atomic E-state index is 12.4. The van der Waals surface area contributed by atoms with Gasteiger partial charge in [0.1, 0.15) is 24.0 Å². The number of esters is 1. The second-order valence-electron chi connectivity index (χ2n) is 6.76. The maximum Gasteiger partial charge on any atom is 0.302 e. The molecule has 10 nitrogen and oxygen atoms in total. The number of rotatable bonds is 6. The summed E-state index contributed by atoms with van der Waals surface area (Å²) in [5.41, 5.74) is -0.0284. The van der Waals surface area contributed by atoms with Crippen LogP contribution in [0.5, 0.6) is 0 Å². The molecule has 2 amide bonds. The summed E-state index contributed by atoms with van der Waals surface area (Å²) in [6, 6.07) is 0. The number of aliphatic hydroxyl groups is 1. The third kappa shape index (κ3) is 4.76. The van der Waals surface area contributed by atoms with Crippen LogP contribution in [0.3, 0.4) is 0 Å². The molecule has 3 aliphatic heterocycles. The van der Waals surface area contributed by atoms with Crippen molar-refractivity contribution in [2.24, 2.45) is 0 Å². The predicted octanol–water partition coefficient (Wildman–Crippen LogP) is -1.41. The summed E-state index contributed by atoms with van der Waals surface area (Å²) in [7, 11) is 0. The summed E-state index contributed by atoms with van der Waals surface area (Å²) in [4.78, 5) is 37.3. The number of hydrogen-bond acceptors (Lipinski definition) is 8. The van der Waals surface area contributed by atoms with Crippen LogP contribution in [0.1, 0.15) is 26.2 Å². The molecule has 0 aromatic heterocycles. The highest BCUT2D eigenvalue weighted by Gasteiger charge is 2.40. The zero-order valence-electron chi connectivity index (χ0n) is 15.2. The molecule has 150 valence electrons. The molecule has 27 heavy (non-hydrogen) atoms. The number of ether oxygens (including phenoxy) is 3. The minimum absolute atomic E-state index is 0.0229. The van der Waals surface area contributed by atoms with Crippen molar-refractivity contribution in [2.75, 3.05) is 26.4 Å². The largest absolute Gasteiger partial charge is 0.460 e. The second kappa shape index (κ2) is 8.68. The summed E-state index contributed by atoms with van der Waals surface area (Å²) >= 11 is 0. The Bertz CT molecular complexity index is 618. The van der Waals surface area contributed by atoms with Crippen LogP contribution in [0.25, 0.3) is 0 Å². The zero-order valence-corrected chi connectivity index (χ0v) is 15.2. The van der Waals surface area contributed by atoms with Gasteiger partial charge in [-0.3, -0.25) is 14.4 Å². The second-order valence-corrected chi connectivity index (χ2v) is 6.76. The quantitative estimate of drug-likeness (QED) is 0.377. The first kappa shape index (κ1) is 19.6. The van der Waals surface area contributed by atoms with Crippen molar-refractivity contribution in [3.8, 4) is 0 Å². The lowest BCUT2D eigenvalue weighted by Gasteiger charge is -2.31. The molecule has 0 aromatic rings. The van der Waals surface area contributed by atoms with E-state index in [4.69, 9.17) is 14.2 Å². The van der Waals surface area contributed by atoms with Gasteiger partial charge in [0.2, 0.25) is 0 Å². The fourth-order valence-corrected chi connectivity index (χ4v) is 3.39. The summed E-state index contributed by atoms with van der Waals surface area (Å²) in [5, 5.41) is 14.8. The number of aliphatic hydroxyl groups excluding tert-OH is 1. The number of carbonyl (C=O) groups excluding carboxylic acids is 3. The number of nitrogens with zero attached hydrogens (tertiary/aromatic N) is 1. The molecule has 3 rings (SSSR count). The van der Waals surface area contributed by atoms with Crippen molar-refractivity contribution < 1.29 is 33.7 Å². The number of amides is 2. The van der Waals surface area contributed by atoms with Gasteiger partial charge in [-0.1, -0.05) is 0 Å². The van der Waals surface area contributed by atoms with Gasteiger partial charge >= 0.3 is 5.97 Å². The highest BCUT2D eigenvalue weighted by molar-refractivity contribution is 6.18. The van der Waals surface area contributed by atoms with Crippen LogP contribution in [0, 0.1) is 0 Å². The first-order valence-corrected chi connectivity index (χ1v) is 9.07. The predicted molar refractivity (Wildman–Crippen MR) is 90.8 cm³/mol. The number of hydrogen-bond donors (Lipinski definition) is 3. The van der Waals surface area contributed by atoms with Gasteiger partial charge in [-0.15, -0.1) is 0 Å². The first-order valence-electron chi connectivity index (χ1n) is 9.07. The number of carbonyl (C=O) groups is 3. The Hall–Kier alpha value is -2.17.